The summed E-state index contributed by atoms with van der Waals surface area (Å²) in [5.41, 5.74) is 1.32. The summed E-state index contributed by atoms with van der Waals surface area (Å²) in [4.78, 5) is 0. The summed E-state index contributed by atoms with van der Waals surface area (Å²) in [5, 5.41) is 23.4. The molecule has 0 spiro atoms. The Kier molecular flexibility index (Phi) is 5.15. The number of para-hydroxylation sites is 1. The number of amidine groups is 1. The molecular weight excluding hydrogens is 238 g/mol. The summed E-state index contributed by atoms with van der Waals surface area (Å²) in [5.74, 6) is 0.102. The van der Waals surface area contributed by atoms with Crippen molar-refractivity contribution in [2.45, 2.75) is 13.2 Å². The quantitative estimate of drug-likeness (QED) is 0.379. The molecule has 0 aliphatic heterocycles. The maximum Gasteiger partial charge on any atom is 0.141 e. The van der Waals surface area contributed by atoms with E-state index < -0.39 is 6.23 Å². The molecule has 1 aromatic rings. The smallest absolute Gasteiger partial charge is 0.141 e. The van der Waals surface area contributed by atoms with Gasteiger partial charge in [-0.3, -0.25) is 10.7 Å². The Morgan fingerprint density at radius 2 is 2.12 bits per heavy atom. The van der Waals surface area contributed by atoms with E-state index in [1.165, 1.54) is 0 Å². The molecule has 17 heavy (non-hydrogen) atoms. The minimum Gasteiger partial charge on any atom is -0.374 e. The van der Waals surface area contributed by atoms with E-state index in [-0.39, 0.29) is 5.84 Å². The number of anilines is 1. The fourth-order valence-corrected chi connectivity index (χ4v) is 1.39. The van der Waals surface area contributed by atoms with Crippen LogP contribution < -0.4 is 10.6 Å². The van der Waals surface area contributed by atoms with Gasteiger partial charge in [0, 0.05) is 11.3 Å². The molecule has 0 radical (unpaired) electrons. The highest BCUT2D eigenvalue weighted by Crippen LogP contribution is 2.21. The van der Waals surface area contributed by atoms with Crippen LogP contribution in [-0.4, -0.2) is 18.0 Å². The summed E-state index contributed by atoms with van der Waals surface area (Å²) in [6.45, 7) is 1.76. The van der Waals surface area contributed by atoms with Crippen LogP contribution in [-0.2, 0) is 0 Å². The number of allylic oxidation sites excluding steroid dienone is 1. The lowest BCUT2D eigenvalue weighted by Crippen LogP contribution is -2.19. The SMILES string of the molecule is C/C=C(/Cl)C(=N)Nc1ccccc1C(O)NC. The number of hydrogen-bond acceptors (Lipinski definition) is 3. The maximum atomic E-state index is 9.75. The van der Waals surface area contributed by atoms with Gasteiger partial charge in [-0.1, -0.05) is 35.9 Å². The Hall–Kier alpha value is -1.36. The zero-order valence-corrected chi connectivity index (χ0v) is 10.5. The van der Waals surface area contributed by atoms with Gasteiger partial charge < -0.3 is 10.4 Å². The summed E-state index contributed by atoms with van der Waals surface area (Å²) in [6, 6.07) is 7.21. The zero-order chi connectivity index (χ0) is 12.8. The Labute approximate surface area is 106 Å². The molecule has 0 aliphatic carbocycles. The van der Waals surface area contributed by atoms with Gasteiger partial charge in [0.1, 0.15) is 12.1 Å². The first-order chi connectivity index (χ1) is 8.10. The van der Waals surface area contributed by atoms with Crippen molar-refractivity contribution in [3.05, 3.63) is 40.9 Å². The molecule has 0 saturated heterocycles. The second-order valence-electron chi connectivity index (χ2n) is 3.42. The van der Waals surface area contributed by atoms with E-state index in [1.54, 1.807) is 32.2 Å². The van der Waals surface area contributed by atoms with Crippen molar-refractivity contribution in [1.29, 1.82) is 5.41 Å². The second-order valence-corrected chi connectivity index (χ2v) is 3.82. The topological polar surface area (TPSA) is 68.1 Å². The molecule has 92 valence electrons. The van der Waals surface area contributed by atoms with E-state index in [4.69, 9.17) is 17.0 Å². The summed E-state index contributed by atoms with van der Waals surface area (Å²) >= 11 is 5.83. The van der Waals surface area contributed by atoms with Crippen LogP contribution >= 0.6 is 11.6 Å². The van der Waals surface area contributed by atoms with Crippen LogP contribution in [0, 0.1) is 5.41 Å². The molecule has 1 rings (SSSR count). The molecule has 1 atom stereocenters. The van der Waals surface area contributed by atoms with Crippen LogP contribution in [0.2, 0.25) is 0 Å². The number of aliphatic hydroxyl groups excluding tert-OH is 1. The van der Waals surface area contributed by atoms with Crippen molar-refractivity contribution >= 4 is 23.1 Å². The van der Waals surface area contributed by atoms with Gasteiger partial charge in [0.25, 0.3) is 0 Å². The Bertz CT molecular complexity index is 432. The van der Waals surface area contributed by atoms with E-state index in [1.807, 2.05) is 12.1 Å². The molecule has 1 aromatic carbocycles. The normalized spacial score (nSPS) is 13.3. The number of benzene rings is 1. The molecule has 4 nitrogen and oxygen atoms in total. The summed E-state index contributed by atoms with van der Waals surface area (Å²) in [6.07, 6.45) is 0.851. The number of rotatable bonds is 4. The highest BCUT2D eigenvalue weighted by Gasteiger charge is 2.11. The molecule has 0 aliphatic rings. The molecule has 0 saturated carbocycles. The third kappa shape index (κ3) is 3.56. The first-order valence-electron chi connectivity index (χ1n) is 5.22. The first kappa shape index (κ1) is 13.7. The Morgan fingerprint density at radius 1 is 1.47 bits per heavy atom. The molecule has 0 bridgehead atoms. The predicted molar refractivity (Wildman–Crippen MR) is 71.4 cm³/mol. The largest absolute Gasteiger partial charge is 0.374 e. The molecule has 5 heteroatoms. The maximum absolute atomic E-state index is 9.75. The second kappa shape index (κ2) is 6.39. The molecule has 4 N–H and O–H groups in total. The van der Waals surface area contributed by atoms with Gasteiger partial charge in [0.05, 0.1) is 5.03 Å². The van der Waals surface area contributed by atoms with Gasteiger partial charge in [0.15, 0.2) is 0 Å². The monoisotopic (exact) mass is 253 g/mol. The van der Waals surface area contributed by atoms with Gasteiger partial charge in [-0.15, -0.1) is 0 Å². The Balaban J connectivity index is 2.95. The van der Waals surface area contributed by atoms with Crippen LogP contribution in [0.1, 0.15) is 18.7 Å². The fraction of sp³-hybridized carbons (Fsp3) is 0.250. The standard InChI is InChI=1S/C12H16ClN3O/c1-3-9(13)11(14)16-10-7-5-4-6-8(10)12(17)15-2/h3-7,12,15,17H,1-2H3,(H2,14,16)/b9-3+. The van der Waals surface area contributed by atoms with Crippen LogP contribution in [0.15, 0.2) is 35.4 Å². The molecule has 0 heterocycles. The van der Waals surface area contributed by atoms with Crippen molar-refractivity contribution in [3.63, 3.8) is 0 Å². The van der Waals surface area contributed by atoms with Gasteiger partial charge in [-0.2, -0.15) is 0 Å². The van der Waals surface area contributed by atoms with Crippen molar-refractivity contribution < 1.29 is 5.11 Å². The van der Waals surface area contributed by atoms with Gasteiger partial charge in [-0.05, 0) is 20.0 Å². The molecule has 0 amide bonds. The van der Waals surface area contributed by atoms with Crippen molar-refractivity contribution in [2.24, 2.45) is 0 Å². The van der Waals surface area contributed by atoms with E-state index in [0.717, 1.165) is 0 Å². The lowest BCUT2D eigenvalue weighted by atomic mass is 10.1. The predicted octanol–water partition coefficient (Wildman–Crippen LogP) is 2.43. The number of aliphatic hydroxyl groups is 1. The van der Waals surface area contributed by atoms with Gasteiger partial charge >= 0.3 is 0 Å². The van der Waals surface area contributed by atoms with E-state index >= 15 is 0 Å². The van der Waals surface area contributed by atoms with Crippen molar-refractivity contribution in [3.8, 4) is 0 Å². The van der Waals surface area contributed by atoms with Crippen molar-refractivity contribution in [2.75, 3.05) is 12.4 Å². The Morgan fingerprint density at radius 3 is 2.71 bits per heavy atom. The third-order valence-corrected chi connectivity index (χ3v) is 2.69. The van der Waals surface area contributed by atoms with Crippen molar-refractivity contribution in [1.82, 2.24) is 5.32 Å². The van der Waals surface area contributed by atoms with Crippen LogP contribution in [0.5, 0.6) is 0 Å². The zero-order valence-electron chi connectivity index (χ0n) is 9.79. The summed E-state index contributed by atoms with van der Waals surface area (Å²) in [7, 11) is 1.66. The molecule has 0 aromatic heterocycles. The van der Waals surface area contributed by atoms with Gasteiger partial charge in [0.2, 0.25) is 0 Å². The number of nitrogens with one attached hydrogen (secondary N) is 3. The summed E-state index contributed by atoms with van der Waals surface area (Å²) < 4.78 is 0. The first-order valence-corrected chi connectivity index (χ1v) is 5.60. The van der Waals surface area contributed by atoms with E-state index in [9.17, 15) is 5.11 Å². The number of halogens is 1. The average molecular weight is 254 g/mol. The minimum absolute atomic E-state index is 0.102. The van der Waals surface area contributed by atoms with E-state index in [0.29, 0.717) is 16.3 Å². The molecule has 0 fully saturated rings. The highest BCUT2D eigenvalue weighted by molar-refractivity contribution is 6.44. The van der Waals surface area contributed by atoms with Crippen LogP contribution in [0.3, 0.4) is 0 Å². The lowest BCUT2D eigenvalue weighted by Gasteiger charge is -2.16. The third-order valence-electron chi connectivity index (χ3n) is 2.28. The molecule has 1 unspecified atom stereocenters. The lowest BCUT2D eigenvalue weighted by molar-refractivity contribution is 0.150. The van der Waals surface area contributed by atoms with E-state index in [2.05, 4.69) is 10.6 Å². The average Bonchev–Trinajstić information content (AvgIpc) is 2.37. The van der Waals surface area contributed by atoms with Crippen LogP contribution in [0.25, 0.3) is 0 Å². The fourth-order valence-electron chi connectivity index (χ4n) is 1.34. The highest BCUT2D eigenvalue weighted by atomic mass is 35.5. The van der Waals surface area contributed by atoms with Gasteiger partial charge in [-0.25, -0.2) is 0 Å². The number of hydrogen-bond donors (Lipinski definition) is 4. The van der Waals surface area contributed by atoms with Crippen LogP contribution in [0.4, 0.5) is 5.69 Å². The molecular formula is C12H16ClN3O. The minimum atomic E-state index is -0.782.